The molecule has 0 bridgehead atoms. The topological polar surface area (TPSA) is 39.2 Å². The van der Waals surface area contributed by atoms with Gasteiger partial charge < -0.3 is 4.74 Å². The van der Waals surface area contributed by atoms with Crippen molar-refractivity contribution < 1.29 is 9.53 Å². The molecular formula is C11H11Cl2NO2. The molecule has 1 aliphatic rings. The van der Waals surface area contributed by atoms with Crippen molar-refractivity contribution >= 4 is 29.2 Å². The van der Waals surface area contributed by atoms with Crippen LogP contribution in [0.2, 0.25) is 10.2 Å². The van der Waals surface area contributed by atoms with Gasteiger partial charge in [0.1, 0.15) is 5.15 Å². The van der Waals surface area contributed by atoms with E-state index in [9.17, 15) is 4.79 Å². The number of aromatic nitrogens is 1. The second-order valence-corrected chi connectivity index (χ2v) is 4.63. The molecule has 1 aliphatic carbocycles. The van der Waals surface area contributed by atoms with Gasteiger partial charge in [0.2, 0.25) is 0 Å². The smallest absolute Gasteiger partial charge is 0.339 e. The van der Waals surface area contributed by atoms with Crippen LogP contribution in [0.1, 0.15) is 29.6 Å². The summed E-state index contributed by atoms with van der Waals surface area (Å²) in [5.74, 6) is 0.353. The minimum absolute atomic E-state index is 0.191. The van der Waals surface area contributed by atoms with E-state index in [1.165, 1.54) is 25.1 Å². The van der Waals surface area contributed by atoms with E-state index >= 15 is 0 Å². The van der Waals surface area contributed by atoms with Crippen LogP contribution in [0.3, 0.4) is 0 Å². The third-order valence-electron chi connectivity index (χ3n) is 2.49. The van der Waals surface area contributed by atoms with Crippen molar-refractivity contribution in [2.24, 2.45) is 5.92 Å². The zero-order valence-corrected chi connectivity index (χ0v) is 10.1. The lowest BCUT2D eigenvalue weighted by atomic mass is 10.3. The quantitative estimate of drug-likeness (QED) is 0.615. The first kappa shape index (κ1) is 11.7. The van der Waals surface area contributed by atoms with Gasteiger partial charge in [-0.2, -0.15) is 0 Å². The highest BCUT2D eigenvalue weighted by atomic mass is 35.5. The Balaban J connectivity index is 1.88. The van der Waals surface area contributed by atoms with Gasteiger partial charge in [-0.3, -0.25) is 0 Å². The monoisotopic (exact) mass is 259 g/mol. The normalized spacial score (nSPS) is 14.9. The molecule has 1 aromatic rings. The Bertz CT molecular complexity index is 405. The minimum atomic E-state index is -0.397. The molecule has 1 saturated carbocycles. The van der Waals surface area contributed by atoms with Gasteiger partial charge in [-0.25, -0.2) is 9.78 Å². The van der Waals surface area contributed by atoms with E-state index in [1.54, 1.807) is 0 Å². The molecule has 0 amide bonds. The first-order valence-corrected chi connectivity index (χ1v) is 5.90. The molecule has 3 nitrogen and oxygen atoms in total. The Hall–Kier alpha value is -0.800. The summed E-state index contributed by atoms with van der Waals surface area (Å²) in [4.78, 5) is 15.3. The van der Waals surface area contributed by atoms with Crippen molar-refractivity contribution in [3.63, 3.8) is 0 Å². The van der Waals surface area contributed by atoms with E-state index in [1.807, 2.05) is 0 Å². The molecule has 0 aliphatic heterocycles. The molecule has 0 spiro atoms. The van der Waals surface area contributed by atoms with E-state index in [-0.39, 0.29) is 10.2 Å². The number of nitrogens with zero attached hydrogens (tertiary/aromatic N) is 1. The highest BCUT2D eigenvalue weighted by molar-refractivity contribution is 6.41. The lowest BCUT2D eigenvalue weighted by Gasteiger charge is -2.04. The van der Waals surface area contributed by atoms with Crippen molar-refractivity contribution in [2.45, 2.75) is 19.3 Å². The summed E-state index contributed by atoms with van der Waals surface area (Å²) < 4.78 is 5.09. The van der Waals surface area contributed by atoms with Crippen molar-refractivity contribution in [1.29, 1.82) is 0 Å². The maximum atomic E-state index is 11.5. The lowest BCUT2D eigenvalue weighted by molar-refractivity contribution is 0.0494. The molecule has 0 aromatic carbocycles. The third-order valence-corrected chi connectivity index (χ3v) is 3.17. The Morgan fingerprint density at radius 3 is 2.88 bits per heavy atom. The second-order valence-electron chi connectivity index (χ2n) is 3.86. The standard InChI is InChI=1S/C11H11Cl2NO2/c12-9-5-8(6-14-10(9)13)11(15)16-4-3-7-1-2-7/h5-7H,1-4H2. The SMILES string of the molecule is O=C(OCCC1CC1)c1cnc(Cl)c(Cl)c1. The van der Waals surface area contributed by atoms with Crippen LogP contribution in [0.15, 0.2) is 12.3 Å². The van der Waals surface area contributed by atoms with E-state index < -0.39 is 5.97 Å². The lowest BCUT2D eigenvalue weighted by Crippen LogP contribution is -2.07. The van der Waals surface area contributed by atoms with E-state index in [2.05, 4.69) is 4.98 Å². The Labute approximate surface area is 104 Å². The number of esters is 1. The molecule has 0 radical (unpaired) electrons. The summed E-state index contributed by atoms with van der Waals surface area (Å²) in [5, 5.41) is 0.453. The summed E-state index contributed by atoms with van der Waals surface area (Å²) in [7, 11) is 0. The number of carbonyl (C=O) groups is 1. The molecule has 2 rings (SSSR count). The summed E-state index contributed by atoms with van der Waals surface area (Å²) in [6.45, 7) is 0.462. The van der Waals surface area contributed by atoms with Crippen LogP contribution < -0.4 is 0 Å². The molecule has 0 N–H and O–H groups in total. The van der Waals surface area contributed by atoms with Gasteiger partial charge in [-0.05, 0) is 18.4 Å². The fraction of sp³-hybridized carbons (Fsp3) is 0.455. The van der Waals surface area contributed by atoms with Crippen molar-refractivity contribution in [2.75, 3.05) is 6.61 Å². The molecular weight excluding hydrogens is 249 g/mol. The highest BCUT2D eigenvalue weighted by Gasteiger charge is 2.21. The summed E-state index contributed by atoms with van der Waals surface area (Å²) in [6, 6.07) is 1.47. The van der Waals surface area contributed by atoms with Crippen molar-refractivity contribution in [3.05, 3.63) is 28.0 Å². The molecule has 1 heterocycles. The van der Waals surface area contributed by atoms with Crippen molar-refractivity contribution in [1.82, 2.24) is 4.98 Å². The predicted molar refractivity (Wildman–Crippen MR) is 61.9 cm³/mol. The molecule has 0 unspecified atom stereocenters. The molecule has 0 atom stereocenters. The molecule has 1 fully saturated rings. The third kappa shape index (κ3) is 3.09. The number of halogens is 2. The van der Waals surface area contributed by atoms with Gasteiger partial charge in [0.05, 0.1) is 17.2 Å². The highest BCUT2D eigenvalue weighted by Crippen LogP contribution is 2.32. The Morgan fingerprint density at radius 2 is 2.25 bits per heavy atom. The van der Waals surface area contributed by atoms with E-state index in [4.69, 9.17) is 27.9 Å². The molecule has 0 saturated heterocycles. The first-order valence-electron chi connectivity index (χ1n) is 5.15. The van der Waals surface area contributed by atoms with Gasteiger partial charge in [-0.15, -0.1) is 0 Å². The number of hydrogen-bond donors (Lipinski definition) is 0. The molecule has 1 aromatic heterocycles. The zero-order valence-electron chi connectivity index (χ0n) is 8.58. The summed E-state index contributed by atoms with van der Waals surface area (Å²) >= 11 is 11.4. The van der Waals surface area contributed by atoms with Gasteiger partial charge in [0.25, 0.3) is 0 Å². The van der Waals surface area contributed by atoms with Gasteiger partial charge >= 0.3 is 5.97 Å². The van der Waals surface area contributed by atoms with Crippen LogP contribution in [0.5, 0.6) is 0 Å². The number of carbonyl (C=O) groups excluding carboxylic acids is 1. The van der Waals surface area contributed by atoms with Crippen LogP contribution in [0.4, 0.5) is 0 Å². The van der Waals surface area contributed by atoms with Gasteiger partial charge in [0.15, 0.2) is 0 Å². The van der Waals surface area contributed by atoms with Crippen LogP contribution in [0, 0.1) is 5.92 Å². The summed E-state index contributed by atoms with van der Waals surface area (Å²) in [6.07, 6.45) is 4.83. The zero-order chi connectivity index (χ0) is 11.5. The minimum Gasteiger partial charge on any atom is -0.462 e. The Kier molecular flexibility index (Phi) is 3.66. The van der Waals surface area contributed by atoms with Crippen LogP contribution in [-0.2, 0) is 4.74 Å². The van der Waals surface area contributed by atoms with Crippen LogP contribution >= 0.6 is 23.2 Å². The first-order chi connectivity index (χ1) is 7.66. The number of pyridine rings is 1. The maximum Gasteiger partial charge on any atom is 0.339 e. The number of rotatable bonds is 4. The van der Waals surface area contributed by atoms with E-state index in [0.717, 1.165) is 12.3 Å². The average Bonchev–Trinajstić information content (AvgIpc) is 3.06. The average molecular weight is 260 g/mol. The fourth-order valence-corrected chi connectivity index (χ4v) is 1.61. The number of ether oxygens (including phenoxy) is 1. The van der Waals surface area contributed by atoms with Gasteiger partial charge in [-0.1, -0.05) is 36.0 Å². The van der Waals surface area contributed by atoms with E-state index in [0.29, 0.717) is 12.2 Å². The molecule has 5 heteroatoms. The second kappa shape index (κ2) is 5.02. The fourth-order valence-electron chi connectivity index (χ4n) is 1.34. The largest absolute Gasteiger partial charge is 0.462 e. The predicted octanol–water partition coefficient (Wildman–Crippen LogP) is 3.35. The molecule has 16 heavy (non-hydrogen) atoms. The Morgan fingerprint density at radius 1 is 1.50 bits per heavy atom. The summed E-state index contributed by atoms with van der Waals surface area (Å²) in [5.41, 5.74) is 0.338. The van der Waals surface area contributed by atoms with Crippen LogP contribution in [0.25, 0.3) is 0 Å². The van der Waals surface area contributed by atoms with Gasteiger partial charge in [0, 0.05) is 6.20 Å². The van der Waals surface area contributed by atoms with Crippen molar-refractivity contribution in [3.8, 4) is 0 Å². The molecule has 86 valence electrons. The maximum absolute atomic E-state index is 11.5. The van der Waals surface area contributed by atoms with Crippen LogP contribution in [-0.4, -0.2) is 17.6 Å². The number of hydrogen-bond acceptors (Lipinski definition) is 3.